The number of para-hydroxylation sites is 1. The van der Waals surface area contributed by atoms with Crippen LogP contribution in [0, 0.1) is 11.8 Å². The van der Waals surface area contributed by atoms with E-state index in [9.17, 15) is 19.5 Å². The molecule has 2 fully saturated rings. The van der Waals surface area contributed by atoms with Crippen molar-refractivity contribution in [2.45, 2.75) is 44.0 Å². The SMILES string of the molecule is CC(C)(C)N1C(=O)[C@@H]2[C@H]([C@H](O)c3ccc(Cl)cc3)N[C@]3(C(=O)Nc4ccccc43)[C@H]2C1=O. The van der Waals surface area contributed by atoms with Crippen LogP contribution >= 0.6 is 11.6 Å². The number of rotatable bonds is 2. The van der Waals surface area contributed by atoms with Crippen molar-refractivity contribution in [2.24, 2.45) is 11.8 Å². The number of halogens is 1. The van der Waals surface area contributed by atoms with Crippen molar-refractivity contribution in [1.82, 2.24) is 10.2 Å². The molecule has 2 saturated heterocycles. The van der Waals surface area contributed by atoms with E-state index in [1.807, 2.05) is 0 Å². The zero-order valence-corrected chi connectivity index (χ0v) is 18.7. The van der Waals surface area contributed by atoms with Gasteiger partial charge >= 0.3 is 0 Å². The molecule has 7 nitrogen and oxygen atoms in total. The predicted octanol–water partition coefficient (Wildman–Crippen LogP) is 2.59. The molecule has 3 amide bonds. The number of aliphatic hydroxyl groups excluding tert-OH is 1. The second-order valence-corrected chi connectivity index (χ2v) is 10.1. The largest absolute Gasteiger partial charge is 0.387 e. The molecular formula is C24H24ClN3O4. The lowest BCUT2D eigenvalue weighted by Gasteiger charge is -2.35. The van der Waals surface area contributed by atoms with Gasteiger partial charge in [-0.3, -0.25) is 24.6 Å². The van der Waals surface area contributed by atoms with E-state index in [0.717, 1.165) is 0 Å². The van der Waals surface area contributed by atoms with Gasteiger partial charge in [-0.1, -0.05) is 41.9 Å². The average Bonchev–Trinajstić information content (AvgIpc) is 3.32. The van der Waals surface area contributed by atoms with Gasteiger partial charge in [-0.25, -0.2) is 0 Å². The topological polar surface area (TPSA) is 98.7 Å². The van der Waals surface area contributed by atoms with Crippen molar-refractivity contribution in [3.63, 3.8) is 0 Å². The number of carbonyl (C=O) groups excluding carboxylic acids is 3. The van der Waals surface area contributed by atoms with Gasteiger partial charge in [0.25, 0.3) is 0 Å². The van der Waals surface area contributed by atoms with Crippen LogP contribution < -0.4 is 10.6 Å². The van der Waals surface area contributed by atoms with Crippen molar-refractivity contribution >= 4 is 35.0 Å². The van der Waals surface area contributed by atoms with Gasteiger partial charge in [0.1, 0.15) is 5.54 Å². The summed E-state index contributed by atoms with van der Waals surface area (Å²) in [6.07, 6.45) is -1.13. The van der Waals surface area contributed by atoms with Gasteiger partial charge in [-0.2, -0.15) is 0 Å². The molecule has 1 spiro atoms. The Kier molecular flexibility index (Phi) is 4.54. The minimum Gasteiger partial charge on any atom is -0.387 e. The van der Waals surface area contributed by atoms with Gasteiger partial charge in [0, 0.05) is 21.8 Å². The van der Waals surface area contributed by atoms with Crippen LogP contribution in [0.15, 0.2) is 48.5 Å². The first kappa shape index (κ1) is 21.1. The summed E-state index contributed by atoms with van der Waals surface area (Å²) < 4.78 is 0. The van der Waals surface area contributed by atoms with Crippen LogP contribution in [0.1, 0.15) is 38.0 Å². The summed E-state index contributed by atoms with van der Waals surface area (Å²) >= 11 is 5.99. The molecule has 3 N–H and O–H groups in total. The number of benzene rings is 2. The number of hydrogen-bond acceptors (Lipinski definition) is 5. The summed E-state index contributed by atoms with van der Waals surface area (Å²) in [6.45, 7) is 5.37. The molecule has 2 aromatic carbocycles. The summed E-state index contributed by atoms with van der Waals surface area (Å²) in [4.78, 5) is 42.0. The molecular weight excluding hydrogens is 430 g/mol. The van der Waals surface area contributed by atoms with Gasteiger partial charge in [0.05, 0.1) is 24.0 Å². The second-order valence-electron chi connectivity index (χ2n) is 9.66. The molecule has 0 radical (unpaired) electrons. The van der Waals surface area contributed by atoms with Crippen molar-refractivity contribution in [3.05, 3.63) is 64.7 Å². The maximum absolute atomic E-state index is 13.7. The molecule has 5 atom stereocenters. The molecule has 0 aliphatic carbocycles. The number of fused-ring (bicyclic) bond motifs is 4. The molecule has 166 valence electrons. The van der Waals surface area contributed by atoms with Crippen molar-refractivity contribution < 1.29 is 19.5 Å². The monoisotopic (exact) mass is 453 g/mol. The number of nitrogens with one attached hydrogen (secondary N) is 2. The number of amides is 3. The zero-order chi connectivity index (χ0) is 23.0. The third kappa shape index (κ3) is 2.71. The zero-order valence-electron chi connectivity index (χ0n) is 17.9. The lowest BCUT2D eigenvalue weighted by molar-refractivity contribution is -0.148. The molecule has 5 rings (SSSR count). The first-order valence-corrected chi connectivity index (χ1v) is 11.0. The number of likely N-dealkylation sites (tertiary alicyclic amines) is 1. The number of aliphatic hydroxyl groups is 1. The van der Waals surface area contributed by atoms with E-state index in [2.05, 4.69) is 10.6 Å². The van der Waals surface area contributed by atoms with Gasteiger partial charge in [0.15, 0.2) is 0 Å². The quantitative estimate of drug-likeness (QED) is 0.607. The van der Waals surface area contributed by atoms with Crippen LogP contribution in [-0.2, 0) is 19.9 Å². The Labute approximate surface area is 190 Å². The highest BCUT2D eigenvalue weighted by Gasteiger charge is 2.72. The fourth-order valence-electron chi connectivity index (χ4n) is 5.49. The Morgan fingerprint density at radius 1 is 1.03 bits per heavy atom. The molecule has 3 heterocycles. The predicted molar refractivity (Wildman–Crippen MR) is 119 cm³/mol. The lowest BCUT2D eigenvalue weighted by Crippen LogP contribution is -2.56. The Bertz CT molecular complexity index is 1140. The normalized spacial score (nSPS) is 30.0. The van der Waals surface area contributed by atoms with E-state index in [1.165, 1.54) is 4.90 Å². The molecule has 0 aromatic heterocycles. The number of carbonyl (C=O) groups is 3. The maximum Gasteiger partial charge on any atom is 0.250 e. The molecule has 0 bridgehead atoms. The molecule has 2 aromatic rings. The summed E-state index contributed by atoms with van der Waals surface area (Å²) in [7, 11) is 0. The average molecular weight is 454 g/mol. The second kappa shape index (κ2) is 6.88. The van der Waals surface area contributed by atoms with Gasteiger partial charge < -0.3 is 10.4 Å². The van der Waals surface area contributed by atoms with Crippen molar-refractivity contribution in [2.75, 3.05) is 5.32 Å². The third-order valence-electron chi connectivity index (χ3n) is 6.78. The van der Waals surface area contributed by atoms with E-state index in [-0.39, 0.29) is 5.91 Å². The standard InChI is InChI=1S/C24H24ClN3O4/c1-23(2,3)28-20(30)16-17(21(28)31)24(14-6-4-5-7-15(14)26-22(24)32)27-18(16)19(29)12-8-10-13(25)11-9-12/h4-11,16-19,27,29H,1-3H3,(H,26,32)/t16-,17+,18+,19+,24-/m0/s1. The van der Waals surface area contributed by atoms with Crippen LogP contribution in [0.5, 0.6) is 0 Å². The van der Waals surface area contributed by atoms with E-state index in [0.29, 0.717) is 21.8 Å². The number of hydrogen-bond donors (Lipinski definition) is 3. The molecule has 8 heteroatoms. The van der Waals surface area contributed by atoms with Crippen LogP contribution in [0.4, 0.5) is 5.69 Å². The minimum atomic E-state index is -1.44. The Hall–Kier alpha value is -2.74. The van der Waals surface area contributed by atoms with Gasteiger partial charge in [-0.05, 0) is 44.5 Å². The van der Waals surface area contributed by atoms with Crippen LogP contribution in [0.3, 0.4) is 0 Å². The van der Waals surface area contributed by atoms with Crippen LogP contribution in [0.25, 0.3) is 0 Å². The molecule has 3 aliphatic rings. The highest BCUT2D eigenvalue weighted by atomic mass is 35.5. The van der Waals surface area contributed by atoms with Crippen LogP contribution in [-0.4, -0.2) is 39.3 Å². The smallest absolute Gasteiger partial charge is 0.250 e. The Balaban J connectivity index is 1.68. The summed E-state index contributed by atoms with van der Waals surface area (Å²) in [5.41, 5.74) is -0.442. The van der Waals surface area contributed by atoms with Crippen LogP contribution in [0.2, 0.25) is 5.02 Å². The number of anilines is 1. The van der Waals surface area contributed by atoms with E-state index >= 15 is 0 Å². The highest BCUT2D eigenvalue weighted by molar-refractivity contribution is 6.30. The van der Waals surface area contributed by atoms with E-state index in [4.69, 9.17) is 11.6 Å². The van der Waals surface area contributed by atoms with E-state index in [1.54, 1.807) is 69.3 Å². The molecule has 3 aliphatic heterocycles. The van der Waals surface area contributed by atoms with Gasteiger partial charge in [0.2, 0.25) is 17.7 Å². The number of nitrogens with zero attached hydrogens (tertiary/aromatic N) is 1. The maximum atomic E-state index is 13.7. The Morgan fingerprint density at radius 3 is 2.34 bits per heavy atom. The lowest BCUT2D eigenvalue weighted by atomic mass is 9.76. The minimum absolute atomic E-state index is 0.382. The Morgan fingerprint density at radius 2 is 1.69 bits per heavy atom. The first-order valence-electron chi connectivity index (χ1n) is 10.6. The molecule has 0 saturated carbocycles. The summed E-state index contributed by atoms with van der Waals surface area (Å²) in [6, 6.07) is 13.0. The summed E-state index contributed by atoms with van der Waals surface area (Å²) in [5.74, 6) is -3.05. The number of imide groups is 1. The fourth-order valence-corrected chi connectivity index (χ4v) is 5.61. The first-order chi connectivity index (χ1) is 15.1. The van der Waals surface area contributed by atoms with Crippen molar-refractivity contribution in [1.29, 1.82) is 0 Å². The van der Waals surface area contributed by atoms with Crippen molar-refractivity contribution in [3.8, 4) is 0 Å². The van der Waals surface area contributed by atoms with Gasteiger partial charge in [-0.15, -0.1) is 0 Å². The molecule has 32 heavy (non-hydrogen) atoms. The third-order valence-corrected chi connectivity index (χ3v) is 7.03. The van der Waals surface area contributed by atoms with E-state index < -0.39 is 46.9 Å². The highest BCUT2D eigenvalue weighted by Crippen LogP contribution is 2.55. The summed E-state index contributed by atoms with van der Waals surface area (Å²) in [5, 5.41) is 17.9. The molecule has 0 unspecified atom stereocenters. The fraction of sp³-hybridized carbons (Fsp3) is 0.375.